The van der Waals surface area contributed by atoms with E-state index in [4.69, 9.17) is 9.16 Å². The fraction of sp³-hybridized carbons (Fsp3) is 0.636. The summed E-state index contributed by atoms with van der Waals surface area (Å²) in [6.07, 6.45) is 5.27. The number of aryl methyl sites for hydroxylation is 1. The molecular weight excluding hydrogens is 324 g/mol. The summed E-state index contributed by atoms with van der Waals surface area (Å²) in [5.74, 6) is 6.99. The Kier molecular flexibility index (Phi) is 6.54. The van der Waals surface area contributed by atoms with Gasteiger partial charge in [0.1, 0.15) is 11.2 Å². The number of unbranched alkanes of at least 4 members (excludes halogenated alkanes) is 2. The standard InChI is InChI=1S/C22H34O2Si/c1-7-8-9-13-17-22(24-25(4,5)6,21(3)19(2)23-21)18-16-20-14-11-10-12-15-20/h10-12,14-15,19H,7-9,16,18H2,1-6H3/t19-,21-,22?/m0/s1. The van der Waals surface area contributed by atoms with Crippen LogP contribution in [0.4, 0.5) is 0 Å². The molecule has 1 fully saturated rings. The zero-order chi connectivity index (χ0) is 18.6. The first kappa shape index (κ1) is 20.2. The van der Waals surface area contributed by atoms with Crippen LogP contribution in [0.3, 0.4) is 0 Å². The topological polar surface area (TPSA) is 21.8 Å². The lowest BCUT2D eigenvalue weighted by Crippen LogP contribution is -2.52. The van der Waals surface area contributed by atoms with Crippen LogP contribution in [-0.4, -0.2) is 25.6 Å². The zero-order valence-corrected chi connectivity index (χ0v) is 17.8. The number of ether oxygens (including phenoxy) is 1. The molecular formula is C22H34O2Si. The second-order valence-electron chi connectivity index (χ2n) is 8.30. The van der Waals surface area contributed by atoms with Crippen molar-refractivity contribution in [3.8, 4) is 11.8 Å². The van der Waals surface area contributed by atoms with Gasteiger partial charge in [-0.2, -0.15) is 0 Å². The molecule has 2 nitrogen and oxygen atoms in total. The maximum atomic E-state index is 6.77. The Morgan fingerprint density at radius 3 is 2.40 bits per heavy atom. The summed E-state index contributed by atoms with van der Waals surface area (Å²) in [5.41, 5.74) is 0.514. The van der Waals surface area contributed by atoms with Crippen molar-refractivity contribution < 1.29 is 9.16 Å². The summed E-state index contributed by atoms with van der Waals surface area (Å²) < 4.78 is 12.8. The predicted octanol–water partition coefficient (Wildman–Crippen LogP) is 5.58. The van der Waals surface area contributed by atoms with Crippen LogP contribution in [0.25, 0.3) is 0 Å². The fourth-order valence-electron chi connectivity index (χ4n) is 3.33. The third-order valence-electron chi connectivity index (χ3n) is 4.98. The molecule has 0 N–H and O–H groups in total. The largest absolute Gasteiger partial charge is 0.399 e. The van der Waals surface area contributed by atoms with Gasteiger partial charge in [-0.25, -0.2) is 0 Å². The van der Waals surface area contributed by atoms with Gasteiger partial charge >= 0.3 is 0 Å². The minimum absolute atomic E-state index is 0.195. The van der Waals surface area contributed by atoms with E-state index in [0.29, 0.717) is 0 Å². The van der Waals surface area contributed by atoms with Gasteiger partial charge in [0.2, 0.25) is 0 Å². The lowest BCUT2D eigenvalue weighted by Gasteiger charge is -2.39. The van der Waals surface area contributed by atoms with Crippen LogP contribution in [0.2, 0.25) is 19.6 Å². The van der Waals surface area contributed by atoms with E-state index in [0.717, 1.165) is 25.7 Å². The molecule has 0 bridgehead atoms. The highest BCUT2D eigenvalue weighted by atomic mass is 28.4. The highest BCUT2D eigenvalue weighted by molar-refractivity contribution is 6.69. The van der Waals surface area contributed by atoms with Crippen molar-refractivity contribution in [3.63, 3.8) is 0 Å². The Morgan fingerprint density at radius 2 is 1.88 bits per heavy atom. The molecule has 1 aliphatic heterocycles. The Bertz CT molecular complexity index is 610. The van der Waals surface area contributed by atoms with Gasteiger partial charge in [0.25, 0.3) is 0 Å². The molecule has 1 aromatic carbocycles. The van der Waals surface area contributed by atoms with Crippen molar-refractivity contribution in [1.29, 1.82) is 0 Å². The average molecular weight is 359 g/mol. The van der Waals surface area contributed by atoms with Gasteiger partial charge < -0.3 is 9.16 Å². The zero-order valence-electron chi connectivity index (χ0n) is 16.8. The summed E-state index contributed by atoms with van der Waals surface area (Å²) in [5, 5.41) is 0. The average Bonchev–Trinajstić information content (AvgIpc) is 3.17. The van der Waals surface area contributed by atoms with Crippen molar-refractivity contribution in [2.75, 3.05) is 0 Å². The van der Waals surface area contributed by atoms with Gasteiger partial charge in [-0.15, -0.1) is 5.92 Å². The Morgan fingerprint density at radius 1 is 1.24 bits per heavy atom. The smallest absolute Gasteiger partial charge is 0.185 e. The van der Waals surface area contributed by atoms with Gasteiger partial charge in [0.15, 0.2) is 8.32 Å². The molecule has 1 saturated heterocycles. The Labute approximate surface area is 155 Å². The number of epoxide rings is 1. The number of rotatable bonds is 8. The first-order chi connectivity index (χ1) is 11.7. The van der Waals surface area contributed by atoms with Crippen LogP contribution < -0.4 is 0 Å². The molecule has 3 atom stereocenters. The highest BCUT2D eigenvalue weighted by Crippen LogP contribution is 2.50. The molecule has 0 radical (unpaired) electrons. The molecule has 1 unspecified atom stereocenters. The number of benzene rings is 1. The van der Waals surface area contributed by atoms with E-state index in [1.807, 2.05) is 0 Å². The molecule has 3 heteroatoms. The van der Waals surface area contributed by atoms with Crippen LogP contribution in [-0.2, 0) is 15.6 Å². The summed E-state index contributed by atoms with van der Waals surface area (Å²) in [4.78, 5) is 0. The molecule has 1 heterocycles. The molecule has 25 heavy (non-hydrogen) atoms. The first-order valence-electron chi connectivity index (χ1n) is 9.64. The Hall–Kier alpha value is -1.08. The van der Waals surface area contributed by atoms with E-state index >= 15 is 0 Å². The number of hydrogen-bond acceptors (Lipinski definition) is 2. The van der Waals surface area contributed by atoms with Crippen molar-refractivity contribution in [3.05, 3.63) is 35.9 Å². The predicted molar refractivity (Wildman–Crippen MR) is 108 cm³/mol. The summed E-state index contributed by atoms with van der Waals surface area (Å²) >= 11 is 0. The SMILES string of the molecule is CCCCC#CC(CCc1ccccc1)(O[Si](C)(C)C)[C@@]1(C)O[C@H]1C. The summed E-state index contributed by atoms with van der Waals surface area (Å²) in [7, 11) is -1.78. The second-order valence-corrected chi connectivity index (χ2v) is 12.7. The molecule has 0 spiro atoms. The molecule has 1 aliphatic rings. The summed E-state index contributed by atoms with van der Waals surface area (Å²) in [6, 6.07) is 10.6. The minimum atomic E-state index is -1.78. The van der Waals surface area contributed by atoms with Crippen LogP contribution >= 0.6 is 0 Å². The molecule has 0 amide bonds. The lowest BCUT2D eigenvalue weighted by molar-refractivity contribution is 0.0309. The molecule has 0 aliphatic carbocycles. The molecule has 0 saturated carbocycles. The second kappa shape index (κ2) is 8.08. The third kappa shape index (κ3) is 5.20. The van der Waals surface area contributed by atoms with Crippen molar-refractivity contribution >= 4 is 8.32 Å². The molecule has 1 aromatic rings. The Balaban J connectivity index is 2.30. The maximum absolute atomic E-state index is 6.77. The van der Waals surface area contributed by atoms with E-state index in [9.17, 15) is 0 Å². The first-order valence-corrected chi connectivity index (χ1v) is 13.1. The minimum Gasteiger partial charge on any atom is -0.399 e. The third-order valence-corrected chi connectivity index (χ3v) is 5.94. The van der Waals surface area contributed by atoms with Gasteiger partial charge in [-0.05, 0) is 58.3 Å². The fourth-order valence-corrected chi connectivity index (χ4v) is 4.73. The quantitative estimate of drug-likeness (QED) is 0.262. The van der Waals surface area contributed by atoms with Crippen LogP contribution in [0.5, 0.6) is 0 Å². The van der Waals surface area contributed by atoms with Crippen LogP contribution in [0.15, 0.2) is 30.3 Å². The van der Waals surface area contributed by atoms with Crippen LogP contribution in [0.1, 0.15) is 52.0 Å². The van der Waals surface area contributed by atoms with E-state index < -0.39 is 13.9 Å². The van der Waals surface area contributed by atoms with E-state index in [2.05, 4.69) is 82.6 Å². The van der Waals surface area contributed by atoms with E-state index in [-0.39, 0.29) is 11.7 Å². The van der Waals surface area contributed by atoms with Crippen LogP contribution in [0, 0.1) is 11.8 Å². The highest BCUT2D eigenvalue weighted by Gasteiger charge is 2.64. The lowest BCUT2D eigenvalue weighted by atomic mass is 9.81. The van der Waals surface area contributed by atoms with Gasteiger partial charge in [-0.3, -0.25) is 0 Å². The maximum Gasteiger partial charge on any atom is 0.185 e. The normalized spacial score (nSPS) is 25.0. The molecule has 0 aromatic heterocycles. The van der Waals surface area contributed by atoms with Crippen molar-refractivity contribution in [2.45, 2.75) is 89.8 Å². The van der Waals surface area contributed by atoms with Crippen molar-refractivity contribution in [1.82, 2.24) is 0 Å². The van der Waals surface area contributed by atoms with Gasteiger partial charge in [-0.1, -0.05) is 49.6 Å². The number of hydrogen-bond donors (Lipinski definition) is 0. The van der Waals surface area contributed by atoms with Gasteiger partial charge in [0.05, 0.1) is 6.10 Å². The van der Waals surface area contributed by atoms with E-state index in [1.165, 1.54) is 12.0 Å². The molecule has 138 valence electrons. The monoisotopic (exact) mass is 358 g/mol. The van der Waals surface area contributed by atoms with Crippen molar-refractivity contribution in [2.24, 2.45) is 0 Å². The van der Waals surface area contributed by atoms with E-state index in [1.54, 1.807) is 0 Å². The molecule has 2 rings (SSSR count). The summed E-state index contributed by atoms with van der Waals surface area (Å²) in [6.45, 7) is 13.3. The van der Waals surface area contributed by atoms with Gasteiger partial charge in [0, 0.05) is 6.42 Å².